The summed E-state index contributed by atoms with van der Waals surface area (Å²) in [7, 11) is 0. The molecule has 5 N–H and O–H groups in total. The molecular formula is C4H10N2O2. The molecule has 0 amide bonds. The summed E-state index contributed by atoms with van der Waals surface area (Å²) in [6.07, 6.45) is 0.343. The molecule has 4 nitrogen and oxygen atoms in total. The SMILES string of the molecule is NCC[C@@H](N)C(=O)O. The Bertz CT molecular complexity index is 84.1. The van der Waals surface area contributed by atoms with Crippen molar-refractivity contribution in [1.29, 1.82) is 0 Å². The minimum atomic E-state index is -0.990. The molecule has 0 aromatic heterocycles. The second kappa shape index (κ2) is 3.40. The number of carboxylic acid groups (broad SMARTS) is 1. The van der Waals surface area contributed by atoms with E-state index in [-0.39, 0.29) is 0 Å². The fourth-order valence-electron chi connectivity index (χ4n) is 0.303. The Hall–Kier alpha value is -0.610. The highest BCUT2D eigenvalue weighted by Crippen LogP contribution is 1.82. The first-order valence-electron chi connectivity index (χ1n) is 2.37. The number of carboxylic acids is 1. The molecule has 0 heterocycles. The molecule has 8 heavy (non-hydrogen) atoms. The van der Waals surface area contributed by atoms with E-state index in [1.165, 1.54) is 0 Å². The first-order valence-corrected chi connectivity index (χ1v) is 2.37. The Balaban J connectivity index is 3.32. The average molecular weight is 118 g/mol. The fourth-order valence-corrected chi connectivity index (χ4v) is 0.303. The number of rotatable bonds is 3. The molecule has 0 saturated carbocycles. The van der Waals surface area contributed by atoms with Gasteiger partial charge in [0.05, 0.1) is 0 Å². The van der Waals surface area contributed by atoms with Crippen LogP contribution in [0.4, 0.5) is 0 Å². The van der Waals surface area contributed by atoms with E-state index < -0.39 is 12.0 Å². The van der Waals surface area contributed by atoms with E-state index in [2.05, 4.69) is 0 Å². The van der Waals surface area contributed by atoms with Crippen molar-refractivity contribution in [2.24, 2.45) is 11.5 Å². The smallest absolute Gasteiger partial charge is 0.320 e. The van der Waals surface area contributed by atoms with Crippen LogP contribution in [0.25, 0.3) is 0 Å². The lowest BCUT2D eigenvalue weighted by molar-refractivity contribution is -0.138. The molecule has 0 aliphatic heterocycles. The molecule has 1 atom stereocenters. The van der Waals surface area contributed by atoms with Gasteiger partial charge in [0.15, 0.2) is 0 Å². The Morgan fingerprint density at radius 2 is 2.25 bits per heavy atom. The molecule has 0 aliphatic carbocycles. The summed E-state index contributed by atoms with van der Waals surface area (Å²) in [5.41, 5.74) is 10.1. The van der Waals surface area contributed by atoms with Crippen molar-refractivity contribution >= 4 is 5.97 Å². The predicted octanol–water partition coefficient (Wildman–Crippen LogP) is -1.25. The molecule has 0 spiro atoms. The second-order valence-electron chi connectivity index (χ2n) is 1.52. The van der Waals surface area contributed by atoms with Gasteiger partial charge in [0.1, 0.15) is 6.04 Å². The van der Waals surface area contributed by atoms with E-state index in [4.69, 9.17) is 16.6 Å². The average Bonchev–Trinajstić information content (AvgIpc) is 1.67. The Kier molecular flexibility index (Phi) is 3.14. The third kappa shape index (κ3) is 2.54. The maximum Gasteiger partial charge on any atom is 0.320 e. The van der Waals surface area contributed by atoms with Crippen molar-refractivity contribution in [3.8, 4) is 0 Å². The molecule has 48 valence electrons. The molecule has 0 fully saturated rings. The van der Waals surface area contributed by atoms with Gasteiger partial charge >= 0.3 is 5.97 Å². The molecule has 0 aromatic carbocycles. The highest BCUT2D eigenvalue weighted by molar-refractivity contribution is 5.72. The van der Waals surface area contributed by atoms with Crippen molar-refractivity contribution in [2.75, 3.05) is 6.54 Å². The Morgan fingerprint density at radius 1 is 1.75 bits per heavy atom. The molecule has 0 rings (SSSR count). The summed E-state index contributed by atoms with van der Waals surface area (Å²) in [5, 5.41) is 8.13. The highest BCUT2D eigenvalue weighted by Gasteiger charge is 2.07. The topological polar surface area (TPSA) is 89.3 Å². The standard InChI is InChI=1S/C4H10N2O2/c5-2-1-3(6)4(7)8/h3H,1-2,5-6H2,(H,7,8)/t3-/m1/s1. The lowest BCUT2D eigenvalue weighted by atomic mass is 10.2. The zero-order chi connectivity index (χ0) is 6.57. The van der Waals surface area contributed by atoms with Gasteiger partial charge in [-0.3, -0.25) is 4.79 Å². The molecule has 0 aromatic rings. The van der Waals surface area contributed by atoms with Crippen LogP contribution in [0.1, 0.15) is 6.42 Å². The molecule has 0 radical (unpaired) electrons. The van der Waals surface area contributed by atoms with Gasteiger partial charge in [-0.25, -0.2) is 0 Å². The maximum absolute atomic E-state index is 9.91. The van der Waals surface area contributed by atoms with Crippen molar-refractivity contribution in [3.63, 3.8) is 0 Å². The summed E-state index contributed by atoms with van der Waals surface area (Å²) in [6.45, 7) is 0.327. The van der Waals surface area contributed by atoms with E-state index in [9.17, 15) is 4.79 Å². The van der Waals surface area contributed by atoms with Gasteiger partial charge in [-0.05, 0) is 13.0 Å². The van der Waals surface area contributed by atoms with Gasteiger partial charge < -0.3 is 16.6 Å². The molecule has 0 aliphatic rings. The summed E-state index contributed by atoms with van der Waals surface area (Å²) in [4.78, 5) is 9.91. The summed E-state index contributed by atoms with van der Waals surface area (Å²) < 4.78 is 0. The highest BCUT2D eigenvalue weighted by atomic mass is 16.4. The molecule has 0 bridgehead atoms. The van der Waals surface area contributed by atoms with E-state index in [1.807, 2.05) is 0 Å². The third-order valence-corrected chi connectivity index (χ3v) is 0.795. The van der Waals surface area contributed by atoms with Gasteiger partial charge in [0.2, 0.25) is 0 Å². The molecular weight excluding hydrogens is 108 g/mol. The van der Waals surface area contributed by atoms with E-state index in [1.54, 1.807) is 0 Å². The predicted molar refractivity (Wildman–Crippen MR) is 29.3 cm³/mol. The molecule has 0 saturated heterocycles. The van der Waals surface area contributed by atoms with Crippen LogP contribution < -0.4 is 11.5 Å². The van der Waals surface area contributed by atoms with Gasteiger partial charge in [-0.1, -0.05) is 0 Å². The van der Waals surface area contributed by atoms with Crippen LogP contribution in [-0.4, -0.2) is 23.7 Å². The molecule has 0 unspecified atom stereocenters. The first kappa shape index (κ1) is 7.39. The Morgan fingerprint density at radius 3 is 2.38 bits per heavy atom. The minimum absolute atomic E-state index is 0.327. The zero-order valence-corrected chi connectivity index (χ0v) is 4.50. The van der Waals surface area contributed by atoms with Crippen molar-refractivity contribution in [1.82, 2.24) is 0 Å². The monoisotopic (exact) mass is 118 g/mol. The fraction of sp³-hybridized carbons (Fsp3) is 0.750. The minimum Gasteiger partial charge on any atom is -0.480 e. The quantitative estimate of drug-likeness (QED) is 0.432. The number of hydrogen-bond acceptors (Lipinski definition) is 3. The van der Waals surface area contributed by atoms with E-state index in [0.717, 1.165) is 0 Å². The van der Waals surface area contributed by atoms with Gasteiger partial charge in [0.25, 0.3) is 0 Å². The lowest BCUT2D eigenvalue weighted by Crippen LogP contribution is -2.32. The van der Waals surface area contributed by atoms with Gasteiger partial charge in [-0.15, -0.1) is 0 Å². The van der Waals surface area contributed by atoms with Crippen LogP contribution in [0.2, 0.25) is 0 Å². The largest absolute Gasteiger partial charge is 0.480 e. The van der Waals surface area contributed by atoms with Crippen molar-refractivity contribution in [3.05, 3.63) is 0 Å². The van der Waals surface area contributed by atoms with Crippen molar-refractivity contribution < 1.29 is 9.90 Å². The molecule has 4 heteroatoms. The van der Waals surface area contributed by atoms with Gasteiger partial charge in [0, 0.05) is 0 Å². The lowest BCUT2D eigenvalue weighted by Gasteiger charge is -2.00. The van der Waals surface area contributed by atoms with Crippen LogP contribution >= 0.6 is 0 Å². The van der Waals surface area contributed by atoms with Crippen LogP contribution in [0.15, 0.2) is 0 Å². The van der Waals surface area contributed by atoms with E-state index >= 15 is 0 Å². The number of carbonyl (C=O) groups is 1. The summed E-state index contributed by atoms with van der Waals surface area (Å²) >= 11 is 0. The van der Waals surface area contributed by atoms with Crippen LogP contribution in [0, 0.1) is 0 Å². The summed E-state index contributed by atoms with van der Waals surface area (Å²) in [5.74, 6) is -0.990. The second-order valence-corrected chi connectivity index (χ2v) is 1.52. The normalized spacial score (nSPS) is 13.2. The van der Waals surface area contributed by atoms with Crippen LogP contribution in [0.5, 0.6) is 0 Å². The number of aliphatic carboxylic acids is 1. The van der Waals surface area contributed by atoms with Crippen molar-refractivity contribution in [2.45, 2.75) is 12.5 Å². The number of hydrogen-bond donors (Lipinski definition) is 3. The summed E-state index contributed by atoms with van der Waals surface area (Å²) in [6, 6.07) is -0.792. The Labute approximate surface area is 47.5 Å². The van der Waals surface area contributed by atoms with Crippen LogP contribution in [0.3, 0.4) is 0 Å². The third-order valence-electron chi connectivity index (χ3n) is 0.795. The van der Waals surface area contributed by atoms with E-state index in [0.29, 0.717) is 13.0 Å². The maximum atomic E-state index is 9.91. The first-order chi connectivity index (χ1) is 3.68. The number of nitrogens with two attached hydrogens (primary N) is 2. The van der Waals surface area contributed by atoms with Gasteiger partial charge in [-0.2, -0.15) is 0 Å². The van der Waals surface area contributed by atoms with Crippen LogP contribution in [-0.2, 0) is 4.79 Å². The zero-order valence-electron chi connectivity index (χ0n) is 4.50.